The number of anilines is 1. The molecule has 0 atom stereocenters. The second-order valence-electron chi connectivity index (χ2n) is 6.56. The Morgan fingerprint density at radius 1 is 1.10 bits per heavy atom. The van der Waals surface area contributed by atoms with Crippen molar-refractivity contribution in [3.8, 4) is 11.5 Å². The molecule has 11 heteroatoms. The Hall–Kier alpha value is -4.28. The van der Waals surface area contributed by atoms with E-state index in [1.807, 2.05) is 26.0 Å². The molecule has 11 nitrogen and oxygen atoms in total. The lowest BCUT2D eigenvalue weighted by molar-refractivity contribution is -0.385. The summed E-state index contributed by atoms with van der Waals surface area (Å²) in [6.45, 7) is 3.71. The van der Waals surface area contributed by atoms with Crippen LogP contribution in [0.5, 0.6) is 11.5 Å². The van der Waals surface area contributed by atoms with Crippen LogP contribution in [0.3, 0.4) is 0 Å². The third kappa shape index (κ3) is 4.24. The third-order valence-electron chi connectivity index (χ3n) is 4.26. The van der Waals surface area contributed by atoms with Gasteiger partial charge in [0.2, 0.25) is 5.69 Å². The molecule has 1 heterocycles. The number of nitrogens with one attached hydrogen (secondary N) is 1. The van der Waals surface area contributed by atoms with Gasteiger partial charge in [-0.15, -0.1) is 0 Å². The molecule has 30 heavy (non-hydrogen) atoms. The fourth-order valence-corrected chi connectivity index (χ4v) is 2.78. The molecule has 1 aromatic heterocycles. The molecule has 0 aliphatic rings. The molecule has 0 unspecified atom stereocenters. The summed E-state index contributed by atoms with van der Waals surface area (Å²) in [5.74, 6) is -0.192. The van der Waals surface area contributed by atoms with Gasteiger partial charge in [0.05, 0.1) is 21.6 Å². The van der Waals surface area contributed by atoms with Gasteiger partial charge < -0.3 is 10.1 Å². The molecule has 0 radical (unpaired) electrons. The van der Waals surface area contributed by atoms with Gasteiger partial charge in [-0.1, -0.05) is 12.1 Å². The van der Waals surface area contributed by atoms with Crippen LogP contribution in [0.4, 0.5) is 17.1 Å². The molecular weight excluding hydrogens is 394 g/mol. The number of amides is 1. The molecule has 3 rings (SSSR count). The fourth-order valence-electron chi connectivity index (χ4n) is 2.78. The van der Waals surface area contributed by atoms with Gasteiger partial charge in [0.25, 0.3) is 11.6 Å². The lowest BCUT2D eigenvalue weighted by Gasteiger charge is -2.12. The molecule has 1 N–H and O–H groups in total. The first-order valence-corrected chi connectivity index (χ1v) is 8.68. The molecule has 0 bridgehead atoms. The van der Waals surface area contributed by atoms with E-state index < -0.39 is 21.4 Å². The van der Waals surface area contributed by atoms with Gasteiger partial charge in [-0.2, -0.15) is 5.10 Å². The number of rotatable bonds is 6. The number of benzene rings is 2. The number of aryl methyl sites for hydroxylation is 3. The number of aromatic nitrogens is 2. The Bertz CT molecular complexity index is 1170. The van der Waals surface area contributed by atoms with E-state index in [1.165, 1.54) is 19.2 Å². The molecule has 0 spiro atoms. The summed E-state index contributed by atoms with van der Waals surface area (Å²) in [7, 11) is 1.38. The minimum Gasteiger partial charge on any atom is -0.457 e. The number of nitrogens with zero attached hydrogens (tertiary/aromatic N) is 4. The van der Waals surface area contributed by atoms with Crippen LogP contribution < -0.4 is 10.1 Å². The zero-order valence-corrected chi connectivity index (χ0v) is 16.3. The first-order chi connectivity index (χ1) is 14.2. The SMILES string of the molecule is Cc1ccc(C)c(Oc2cc(NC(=O)c3c([N+](=O)[O-])cnn3C)cc([N+](=O)[O-])c2)c1. The van der Waals surface area contributed by atoms with Crippen LogP contribution >= 0.6 is 0 Å². The number of carbonyl (C=O) groups is 1. The quantitative estimate of drug-likeness (QED) is 0.479. The van der Waals surface area contributed by atoms with E-state index in [0.717, 1.165) is 28.1 Å². The van der Waals surface area contributed by atoms with Crippen LogP contribution in [0.2, 0.25) is 0 Å². The van der Waals surface area contributed by atoms with Gasteiger partial charge in [-0.3, -0.25) is 29.7 Å². The third-order valence-corrected chi connectivity index (χ3v) is 4.26. The van der Waals surface area contributed by atoms with Crippen molar-refractivity contribution >= 4 is 23.0 Å². The van der Waals surface area contributed by atoms with Crippen LogP contribution in [0.1, 0.15) is 21.6 Å². The normalized spacial score (nSPS) is 10.5. The van der Waals surface area contributed by atoms with Gasteiger partial charge >= 0.3 is 5.69 Å². The zero-order chi connectivity index (χ0) is 22.0. The zero-order valence-electron chi connectivity index (χ0n) is 16.3. The summed E-state index contributed by atoms with van der Waals surface area (Å²) >= 11 is 0. The summed E-state index contributed by atoms with van der Waals surface area (Å²) in [6.07, 6.45) is 0.956. The summed E-state index contributed by atoms with van der Waals surface area (Å²) in [5.41, 5.74) is 0.731. The van der Waals surface area contributed by atoms with Crippen molar-refractivity contribution in [1.82, 2.24) is 9.78 Å². The molecule has 3 aromatic rings. The number of non-ortho nitro benzene ring substituents is 1. The summed E-state index contributed by atoms with van der Waals surface area (Å²) in [6, 6.07) is 9.30. The van der Waals surface area contributed by atoms with Crippen molar-refractivity contribution in [2.24, 2.45) is 7.05 Å². The van der Waals surface area contributed by atoms with Gasteiger partial charge in [-0.05, 0) is 31.0 Å². The van der Waals surface area contributed by atoms with E-state index in [1.54, 1.807) is 6.07 Å². The summed E-state index contributed by atoms with van der Waals surface area (Å²) in [5, 5.41) is 28.6. The van der Waals surface area contributed by atoms with Crippen LogP contribution in [-0.2, 0) is 7.05 Å². The maximum absolute atomic E-state index is 12.6. The second kappa shape index (κ2) is 7.99. The fraction of sp³-hybridized carbons (Fsp3) is 0.158. The molecule has 2 aromatic carbocycles. The minimum absolute atomic E-state index is 0.0463. The predicted octanol–water partition coefficient (Wildman–Crippen LogP) is 3.90. The highest BCUT2D eigenvalue weighted by atomic mass is 16.6. The van der Waals surface area contributed by atoms with Gasteiger partial charge in [0, 0.05) is 19.2 Å². The van der Waals surface area contributed by atoms with E-state index in [-0.39, 0.29) is 22.8 Å². The highest BCUT2D eigenvalue weighted by molar-refractivity contribution is 6.06. The lowest BCUT2D eigenvalue weighted by atomic mass is 10.1. The maximum atomic E-state index is 12.6. The van der Waals surface area contributed by atoms with E-state index in [0.29, 0.717) is 5.75 Å². The van der Waals surface area contributed by atoms with Crippen molar-refractivity contribution in [3.05, 3.63) is 79.6 Å². The predicted molar refractivity (Wildman–Crippen MR) is 107 cm³/mol. The second-order valence-corrected chi connectivity index (χ2v) is 6.56. The van der Waals surface area contributed by atoms with Gasteiger partial charge in [0.15, 0.2) is 0 Å². The number of carbonyl (C=O) groups excluding carboxylic acids is 1. The number of nitro groups is 2. The Morgan fingerprint density at radius 2 is 1.83 bits per heavy atom. The highest BCUT2D eigenvalue weighted by Crippen LogP contribution is 2.32. The van der Waals surface area contributed by atoms with Crippen molar-refractivity contribution in [1.29, 1.82) is 0 Å². The first-order valence-electron chi connectivity index (χ1n) is 8.68. The molecule has 154 valence electrons. The van der Waals surface area contributed by atoms with Crippen LogP contribution in [0, 0.1) is 34.1 Å². The number of nitro benzene ring substituents is 1. The minimum atomic E-state index is -0.833. The first kappa shape index (κ1) is 20.5. The number of hydrogen-bond donors (Lipinski definition) is 1. The Labute approximate surface area is 170 Å². The Kier molecular flexibility index (Phi) is 5.45. The van der Waals surface area contributed by atoms with Crippen LogP contribution in [0.25, 0.3) is 0 Å². The van der Waals surface area contributed by atoms with Gasteiger partial charge in [0.1, 0.15) is 17.7 Å². The lowest BCUT2D eigenvalue weighted by Crippen LogP contribution is -2.17. The maximum Gasteiger partial charge on any atom is 0.320 e. The molecule has 1 amide bonds. The topological polar surface area (TPSA) is 142 Å². The molecule has 0 fully saturated rings. The van der Waals surface area contributed by atoms with E-state index in [9.17, 15) is 25.0 Å². The largest absolute Gasteiger partial charge is 0.457 e. The van der Waals surface area contributed by atoms with E-state index >= 15 is 0 Å². The average molecular weight is 411 g/mol. The molecule has 0 saturated carbocycles. The Balaban J connectivity index is 1.96. The van der Waals surface area contributed by atoms with E-state index in [2.05, 4.69) is 10.4 Å². The standard InChI is InChI=1S/C19H17N5O6/c1-11-4-5-12(2)17(6-11)30-15-8-13(7-14(9-15)23(26)27)21-19(25)18-16(24(28)29)10-20-22(18)3/h4-10H,1-3H3,(H,21,25). The molecule has 0 aliphatic carbocycles. The molecular formula is C19H17N5O6. The average Bonchev–Trinajstić information content (AvgIpc) is 3.06. The van der Waals surface area contributed by atoms with Crippen LogP contribution in [0.15, 0.2) is 42.6 Å². The molecule has 0 saturated heterocycles. The van der Waals surface area contributed by atoms with Crippen LogP contribution in [-0.4, -0.2) is 25.5 Å². The number of hydrogen-bond acceptors (Lipinski definition) is 7. The van der Waals surface area contributed by atoms with Crippen molar-refractivity contribution in [3.63, 3.8) is 0 Å². The highest BCUT2D eigenvalue weighted by Gasteiger charge is 2.26. The number of ether oxygens (including phenoxy) is 1. The van der Waals surface area contributed by atoms with E-state index in [4.69, 9.17) is 4.74 Å². The van der Waals surface area contributed by atoms with Crippen molar-refractivity contribution < 1.29 is 19.4 Å². The summed E-state index contributed by atoms with van der Waals surface area (Å²) in [4.78, 5) is 33.7. The smallest absolute Gasteiger partial charge is 0.320 e. The van der Waals surface area contributed by atoms with Gasteiger partial charge in [-0.25, -0.2) is 0 Å². The Morgan fingerprint density at radius 3 is 2.50 bits per heavy atom. The molecule has 0 aliphatic heterocycles. The monoisotopic (exact) mass is 411 g/mol. The summed E-state index contributed by atoms with van der Waals surface area (Å²) < 4.78 is 6.85. The van der Waals surface area contributed by atoms with Crippen molar-refractivity contribution in [2.45, 2.75) is 13.8 Å². The van der Waals surface area contributed by atoms with Crippen molar-refractivity contribution in [2.75, 3.05) is 5.32 Å².